The van der Waals surface area contributed by atoms with Gasteiger partial charge in [0, 0.05) is 5.69 Å². The largest absolute Gasteiger partial charge is 0.492 e. The molecule has 8 heteroatoms. The fourth-order valence-corrected chi connectivity index (χ4v) is 5.10. The molecule has 0 aliphatic heterocycles. The lowest BCUT2D eigenvalue weighted by Gasteiger charge is -2.19. The lowest BCUT2D eigenvalue weighted by molar-refractivity contribution is -0.117. The van der Waals surface area contributed by atoms with E-state index in [1.807, 2.05) is 61.5 Å². The Hall–Kier alpha value is -2.87. The van der Waals surface area contributed by atoms with Gasteiger partial charge in [-0.15, -0.1) is 0 Å². The number of halogens is 1. The molecule has 0 fully saturated rings. The molecule has 0 aliphatic carbocycles. The maximum atomic E-state index is 13.2. The van der Waals surface area contributed by atoms with Gasteiger partial charge in [0.1, 0.15) is 11.8 Å². The van der Waals surface area contributed by atoms with Crippen molar-refractivity contribution >= 4 is 33.2 Å². The fourth-order valence-electron chi connectivity index (χ4n) is 3.58. The Morgan fingerprint density at radius 1 is 0.971 bits per heavy atom. The summed E-state index contributed by atoms with van der Waals surface area (Å²) < 4.78 is 34.3. The second-order valence-electron chi connectivity index (χ2n) is 8.18. The molecular weight excluding hydrogens is 484 g/mol. The standard InChI is InChI=1S/C27H31ClN2O4S/c1-3-5-9-20-12-14-22(15-13-20)29-27(31)25(18-21-10-7-6-8-11-21)30-35(32,33)23-16-17-26(34-4-2)24(28)19-23/h6-8,10-17,19,25,30H,3-5,9,18H2,1-2H3,(H,29,31). The molecule has 0 radical (unpaired) electrons. The molecule has 0 heterocycles. The molecule has 186 valence electrons. The van der Waals surface area contributed by atoms with Crippen LogP contribution >= 0.6 is 11.6 Å². The molecule has 0 aromatic heterocycles. The number of hydrogen-bond donors (Lipinski definition) is 2. The van der Waals surface area contributed by atoms with Gasteiger partial charge >= 0.3 is 0 Å². The number of aryl methyl sites for hydroxylation is 1. The van der Waals surface area contributed by atoms with E-state index in [4.69, 9.17) is 16.3 Å². The Bertz CT molecular complexity index is 1220. The van der Waals surface area contributed by atoms with Gasteiger partial charge in [-0.3, -0.25) is 4.79 Å². The second kappa shape index (κ2) is 12.7. The van der Waals surface area contributed by atoms with Crippen LogP contribution in [0.25, 0.3) is 0 Å². The molecule has 3 aromatic carbocycles. The smallest absolute Gasteiger partial charge is 0.242 e. The van der Waals surface area contributed by atoms with E-state index in [9.17, 15) is 13.2 Å². The maximum Gasteiger partial charge on any atom is 0.242 e. The third-order valence-corrected chi connectivity index (χ3v) is 7.22. The summed E-state index contributed by atoms with van der Waals surface area (Å²) in [7, 11) is -4.04. The van der Waals surface area contributed by atoms with Gasteiger partial charge in [0.25, 0.3) is 0 Å². The van der Waals surface area contributed by atoms with Crippen LogP contribution in [0.2, 0.25) is 5.02 Å². The van der Waals surface area contributed by atoms with Crippen molar-refractivity contribution in [1.29, 1.82) is 0 Å². The van der Waals surface area contributed by atoms with Gasteiger partial charge in [-0.2, -0.15) is 4.72 Å². The third kappa shape index (κ3) is 7.82. The summed E-state index contributed by atoms with van der Waals surface area (Å²) in [5.74, 6) is -0.0511. The first-order valence-corrected chi connectivity index (χ1v) is 13.6. The number of nitrogens with one attached hydrogen (secondary N) is 2. The van der Waals surface area contributed by atoms with Crippen molar-refractivity contribution in [1.82, 2.24) is 4.72 Å². The van der Waals surface area contributed by atoms with Crippen LogP contribution in [-0.2, 0) is 27.7 Å². The van der Waals surface area contributed by atoms with Crippen molar-refractivity contribution in [3.63, 3.8) is 0 Å². The Kier molecular flexibility index (Phi) is 9.72. The highest BCUT2D eigenvalue weighted by Gasteiger charge is 2.27. The van der Waals surface area contributed by atoms with Crippen molar-refractivity contribution in [2.45, 2.75) is 50.5 Å². The van der Waals surface area contributed by atoms with E-state index in [-0.39, 0.29) is 16.3 Å². The molecule has 2 N–H and O–H groups in total. The van der Waals surface area contributed by atoms with Crippen LogP contribution in [0.5, 0.6) is 5.75 Å². The second-order valence-corrected chi connectivity index (χ2v) is 10.3. The van der Waals surface area contributed by atoms with Gasteiger partial charge in [-0.05, 0) is 67.6 Å². The number of benzene rings is 3. The number of hydrogen-bond acceptors (Lipinski definition) is 4. The lowest BCUT2D eigenvalue weighted by Crippen LogP contribution is -2.45. The number of carbonyl (C=O) groups is 1. The van der Waals surface area contributed by atoms with E-state index in [2.05, 4.69) is 17.0 Å². The summed E-state index contributed by atoms with van der Waals surface area (Å²) in [5.41, 5.74) is 2.63. The van der Waals surface area contributed by atoms with Crippen molar-refractivity contribution in [2.24, 2.45) is 0 Å². The molecule has 3 aromatic rings. The predicted octanol–water partition coefficient (Wildman–Crippen LogP) is 5.61. The average molecular weight is 515 g/mol. The van der Waals surface area contributed by atoms with Gasteiger partial charge < -0.3 is 10.1 Å². The van der Waals surface area contributed by atoms with E-state index >= 15 is 0 Å². The average Bonchev–Trinajstić information content (AvgIpc) is 2.85. The van der Waals surface area contributed by atoms with Crippen LogP contribution in [-0.4, -0.2) is 27.0 Å². The molecule has 1 unspecified atom stereocenters. The van der Waals surface area contributed by atoms with Crippen LogP contribution in [0.15, 0.2) is 77.7 Å². The molecule has 0 aliphatic rings. The summed E-state index contributed by atoms with van der Waals surface area (Å²) in [6.07, 6.45) is 3.37. The zero-order valence-electron chi connectivity index (χ0n) is 20.0. The molecule has 35 heavy (non-hydrogen) atoms. The minimum absolute atomic E-state index is 0.0444. The Balaban J connectivity index is 1.81. The normalized spacial score (nSPS) is 12.2. The van der Waals surface area contributed by atoms with Crippen molar-refractivity contribution in [3.05, 3.63) is 88.9 Å². The maximum absolute atomic E-state index is 13.2. The summed E-state index contributed by atoms with van der Waals surface area (Å²) in [6, 6.07) is 20.1. The summed E-state index contributed by atoms with van der Waals surface area (Å²) in [5, 5.41) is 3.03. The first-order chi connectivity index (χ1) is 16.8. The molecule has 0 saturated carbocycles. The van der Waals surface area contributed by atoms with Gasteiger partial charge in [-0.1, -0.05) is 67.4 Å². The number of carbonyl (C=O) groups excluding carboxylic acids is 1. The monoisotopic (exact) mass is 514 g/mol. The van der Waals surface area contributed by atoms with Crippen LogP contribution < -0.4 is 14.8 Å². The molecule has 0 bridgehead atoms. The van der Waals surface area contributed by atoms with Crippen molar-refractivity contribution in [3.8, 4) is 5.75 Å². The summed E-state index contributed by atoms with van der Waals surface area (Å²) in [4.78, 5) is 13.2. The highest BCUT2D eigenvalue weighted by atomic mass is 35.5. The highest BCUT2D eigenvalue weighted by Crippen LogP contribution is 2.27. The van der Waals surface area contributed by atoms with E-state index in [1.165, 1.54) is 23.8 Å². The van der Waals surface area contributed by atoms with E-state index in [1.54, 1.807) is 0 Å². The molecule has 0 spiro atoms. The molecular formula is C27H31ClN2O4S. The van der Waals surface area contributed by atoms with E-state index in [0.29, 0.717) is 18.0 Å². The van der Waals surface area contributed by atoms with Gasteiger partial charge in [0.05, 0.1) is 16.5 Å². The number of ether oxygens (including phenoxy) is 1. The molecule has 6 nitrogen and oxygen atoms in total. The van der Waals surface area contributed by atoms with Crippen molar-refractivity contribution in [2.75, 3.05) is 11.9 Å². The molecule has 1 atom stereocenters. The summed E-state index contributed by atoms with van der Waals surface area (Å²) in [6.45, 7) is 4.36. The Morgan fingerprint density at radius 3 is 2.31 bits per heavy atom. The van der Waals surface area contributed by atoms with E-state index in [0.717, 1.165) is 24.8 Å². The number of anilines is 1. The molecule has 1 amide bonds. The summed E-state index contributed by atoms with van der Waals surface area (Å²) >= 11 is 6.20. The van der Waals surface area contributed by atoms with Gasteiger partial charge in [0.15, 0.2) is 0 Å². The van der Waals surface area contributed by atoms with E-state index < -0.39 is 22.0 Å². The first kappa shape index (κ1) is 26.7. The van der Waals surface area contributed by atoms with Crippen LogP contribution in [0.1, 0.15) is 37.8 Å². The minimum atomic E-state index is -4.04. The first-order valence-electron chi connectivity index (χ1n) is 11.7. The Morgan fingerprint density at radius 2 is 1.69 bits per heavy atom. The third-order valence-electron chi connectivity index (χ3n) is 5.45. The Labute approximate surface area is 212 Å². The van der Waals surface area contributed by atoms with Crippen LogP contribution in [0.3, 0.4) is 0 Å². The topological polar surface area (TPSA) is 84.5 Å². The quantitative estimate of drug-likeness (QED) is 0.329. The van der Waals surface area contributed by atoms with Crippen LogP contribution in [0.4, 0.5) is 5.69 Å². The molecule has 0 saturated heterocycles. The lowest BCUT2D eigenvalue weighted by atomic mass is 10.1. The zero-order chi connectivity index (χ0) is 25.3. The van der Waals surface area contributed by atoms with Crippen LogP contribution in [0, 0.1) is 0 Å². The predicted molar refractivity (Wildman–Crippen MR) is 141 cm³/mol. The molecule has 3 rings (SSSR count). The number of amides is 1. The van der Waals surface area contributed by atoms with Gasteiger partial charge in [0.2, 0.25) is 15.9 Å². The zero-order valence-corrected chi connectivity index (χ0v) is 21.5. The fraction of sp³-hybridized carbons (Fsp3) is 0.296. The number of sulfonamides is 1. The number of rotatable bonds is 12. The van der Waals surface area contributed by atoms with Crippen molar-refractivity contribution < 1.29 is 17.9 Å². The minimum Gasteiger partial charge on any atom is -0.492 e. The SMILES string of the molecule is CCCCc1ccc(NC(=O)C(Cc2ccccc2)NS(=O)(=O)c2ccc(OCC)c(Cl)c2)cc1. The number of unbranched alkanes of at least 4 members (excludes halogenated alkanes) is 1. The van der Waals surface area contributed by atoms with Gasteiger partial charge in [-0.25, -0.2) is 8.42 Å². The highest BCUT2D eigenvalue weighted by molar-refractivity contribution is 7.89.